The lowest BCUT2D eigenvalue weighted by atomic mass is 9.76. The second-order valence-corrected chi connectivity index (χ2v) is 7.94. The van der Waals surface area contributed by atoms with E-state index in [2.05, 4.69) is 15.6 Å². The van der Waals surface area contributed by atoms with Gasteiger partial charge in [-0.25, -0.2) is 0 Å². The fourth-order valence-corrected chi connectivity index (χ4v) is 4.28. The smallest absolute Gasteiger partial charge is 0.426 e. The summed E-state index contributed by atoms with van der Waals surface area (Å²) in [5.74, 6) is -1.06. The van der Waals surface area contributed by atoms with Crippen molar-refractivity contribution in [3.63, 3.8) is 0 Å². The van der Waals surface area contributed by atoms with Gasteiger partial charge in [0.15, 0.2) is 0 Å². The maximum absolute atomic E-state index is 12.4. The molecule has 2 heterocycles. The van der Waals surface area contributed by atoms with Crippen molar-refractivity contribution < 1.29 is 14.8 Å². The summed E-state index contributed by atoms with van der Waals surface area (Å²) in [5.41, 5.74) is 2.68. The Morgan fingerprint density at radius 3 is 2.70 bits per heavy atom. The average Bonchev–Trinajstić information content (AvgIpc) is 3.40. The molecule has 152 valence electrons. The summed E-state index contributed by atoms with van der Waals surface area (Å²) in [6, 6.07) is 17.6. The number of rotatable bonds is 8. The van der Waals surface area contributed by atoms with Crippen molar-refractivity contribution in [2.75, 3.05) is 0 Å². The Kier molecular flexibility index (Phi) is 6.22. The molecule has 3 N–H and O–H groups in total. The van der Waals surface area contributed by atoms with Crippen molar-refractivity contribution in [2.24, 2.45) is 0 Å². The third-order valence-corrected chi connectivity index (χ3v) is 5.90. The molecule has 1 atom stereocenters. The number of fused-ring (bicyclic) bond motifs is 1. The highest BCUT2D eigenvalue weighted by Crippen LogP contribution is 2.26. The zero-order chi connectivity index (χ0) is 20.9. The Hall–Kier alpha value is -3.01. The highest BCUT2D eigenvalue weighted by molar-refractivity contribution is 7.17. The largest absolute Gasteiger partial charge is 0.475 e. The quantitative estimate of drug-likeness (QED) is 0.380. The van der Waals surface area contributed by atoms with E-state index in [0.717, 1.165) is 26.9 Å². The topological polar surface area (TPSA) is 100 Å². The molecule has 0 aliphatic rings. The van der Waals surface area contributed by atoms with Crippen LogP contribution >= 0.6 is 11.3 Å². The summed E-state index contributed by atoms with van der Waals surface area (Å²) in [4.78, 5) is 12.4. The zero-order valence-corrected chi connectivity index (χ0v) is 17.0. The molecule has 0 aliphatic carbocycles. The molecule has 0 aliphatic heterocycles. The molecular weight excluding hydrogens is 399 g/mol. The third-order valence-electron chi connectivity index (χ3n) is 4.88. The summed E-state index contributed by atoms with van der Waals surface area (Å²) in [5, 5.41) is 33.5. The van der Waals surface area contributed by atoms with Crippen molar-refractivity contribution in [3.05, 3.63) is 71.7 Å². The van der Waals surface area contributed by atoms with E-state index in [0.29, 0.717) is 13.0 Å². The van der Waals surface area contributed by atoms with Gasteiger partial charge in [0.25, 0.3) is 0 Å². The number of amides is 1. The van der Waals surface area contributed by atoms with Crippen molar-refractivity contribution in [1.29, 1.82) is 0 Å². The van der Waals surface area contributed by atoms with Gasteiger partial charge in [-0.3, -0.25) is 9.48 Å². The van der Waals surface area contributed by atoms with Gasteiger partial charge in [-0.2, -0.15) is 0 Å². The molecule has 30 heavy (non-hydrogen) atoms. The molecule has 0 spiro atoms. The van der Waals surface area contributed by atoms with Crippen molar-refractivity contribution in [3.8, 4) is 11.3 Å². The molecule has 4 aromatic rings. The van der Waals surface area contributed by atoms with Crippen LogP contribution in [0, 0.1) is 0 Å². The Bertz CT molecular complexity index is 1130. The molecule has 1 amide bonds. The number of nitrogens with zero attached hydrogens (tertiary/aromatic N) is 3. The summed E-state index contributed by atoms with van der Waals surface area (Å²) >= 11 is 1.60. The maximum atomic E-state index is 12.4. The van der Waals surface area contributed by atoms with E-state index >= 15 is 0 Å². The lowest BCUT2D eigenvalue weighted by Gasteiger charge is -2.17. The molecule has 0 saturated heterocycles. The fourth-order valence-electron chi connectivity index (χ4n) is 3.30. The second kappa shape index (κ2) is 9.21. The number of aromatic nitrogens is 3. The molecular formula is C21H21BN4O3S. The fraction of sp³-hybridized carbons (Fsp3) is 0.190. The number of hydrogen-bond acceptors (Lipinski definition) is 6. The second-order valence-electron chi connectivity index (χ2n) is 7.03. The van der Waals surface area contributed by atoms with Crippen LogP contribution in [0.15, 0.2) is 66.2 Å². The SMILES string of the molecule is O=C(CCn1cc(-c2ccccc2)nn1)N[C@@H](Cc1csc2ccccc12)B(O)O. The number of aryl methyl sites for hydroxylation is 1. The average molecular weight is 420 g/mol. The minimum absolute atomic E-state index is 0.158. The Morgan fingerprint density at radius 2 is 1.90 bits per heavy atom. The van der Waals surface area contributed by atoms with Crippen LogP contribution in [0.25, 0.3) is 21.3 Å². The predicted molar refractivity (Wildman–Crippen MR) is 118 cm³/mol. The lowest BCUT2D eigenvalue weighted by Crippen LogP contribution is -2.48. The van der Waals surface area contributed by atoms with Gasteiger partial charge >= 0.3 is 7.12 Å². The molecule has 0 saturated carbocycles. The summed E-state index contributed by atoms with van der Waals surface area (Å²) in [6.07, 6.45) is 2.29. The highest BCUT2D eigenvalue weighted by atomic mass is 32.1. The van der Waals surface area contributed by atoms with Gasteiger partial charge in [-0.1, -0.05) is 53.7 Å². The highest BCUT2D eigenvalue weighted by Gasteiger charge is 2.26. The first kappa shape index (κ1) is 20.3. The number of nitrogens with one attached hydrogen (secondary N) is 1. The van der Waals surface area contributed by atoms with E-state index in [4.69, 9.17) is 0 Å². The number of carbonyl (C=O) groups excluding carboxylic acids is 1. The number of benzene rings is 2. The van der Waals surface area contributed by atoms with E-state index < -0.39 is 13.1 Å². The van der Waals surface area contributed by atoms with Crippen LogP contribution in [0.1, 0.15) is 12.0 Å². The first-order valence-electron chi connectivity index (χ1n) is 9.66. The standard InChI is InChI=1S/C21H21BN4O3S/c27-21(10-11-26-13-18(24-25-26)15-6-2-1-3-7-15)23-20(22(28)29)12-16-14-30-19-9-5-4-8-17(16)19/h1-9,13-14,20,28-29H,10-12H2,(H,23,27)/t20-/m0/s1. The van der Waals surface area contributed by atoms with E-state index in [9.17, 15) is 14.8 Å². The Balaban J connectivity index is 1.35. The van der Waals surface area contributed by atoms with Gasteiger partial charge in [0, 0.05) is 16.7 Å². The van der Waals surface area contributed by atoms with Crippen LogP contribution < -0.4 is 5.32 Å². The molecule has 0 radical (unpaired) electrons. The van der Waals surface area contributed by atoms with Gasteiger partial charge in [-0.05, 0) is 28.8 Å². The van der Waals surface area contributed by atoms with Crippen LogP contribution in [0.2, 0.25) is 0 Å². The van der Waals surface area contributed by atoms with Gasteiger partial charge in [0.1, 0.15) is 5.69 Å². The number of hydrogen-bond donors (Lipinski definition) is 3. The van der Waals surface area contributed by atoms with Crippen LogP contribution in [0.4, 0.5) is 0 Å². The summed E-state index contributed by atoms with van der Waals surface area (Å²) < 4.78 is 2.74. The summed E-state index contributed by atoms with van der Waals surface area (Å²) in [6.45, 7) is 0.349. The van der Waals surface area contributed by atoms with Gasteiger partial charge < -0.3 is 15.4 Å². The third kappa shape index (κ3) is 4.76. The lowest BCUT2D eigenvalue weighted by molar-refractivity contribution is -0.121. The van der Waals surface area contributed by atoms with Crippen LogP contribution in [-0.4, -0.2) is 44.0 Å². The minimum atomic E-state index is -1.65. The molecule has 4 rings (SSSR count). The molecule has 7 nitrogen and oxygen atoms in total. The minimum Gasteiger partial charge on any atom is -0.426 e. The number of thiophene rings is 1. The van der Waals surface area contributed by atoms with Crippen molar-refractivity contribution in [1.82, 2.24) is 20.3 Å². The molecule has 0 bridgehead atoms. The first-order valence-corrected chi connectivity index (χ1v) is 10.5. The molecule has 0 unspecified atom stereocenters. The van der Waals surface area contributed by atoms with E-state index in [1.165, 1.54) is 0 Å². The van der Waals surface area contributed by atoms with Crippen molar-refractivity contribution in [2.45, 2.75) is 25.3 Å². The van der Waals surface area contributed by atoms with Crippen LogP contribution in [-0.2, 0) is 17.8 Å². The van der Waals surface area contributed by atoms with E-state index in [1.807, 2.05) is 60.0 Å². The summed E-state index contributed by atoms with van der Waals surface area (Å²) in [7, 11) is -1.65. The molecule has 2 aromatic heterocycles. The van der Waals surface area contributed by atoms with Gasteiger partial charge in [0.2, 0.25) is 5.91 Å². The van der Waals surface area contributed by atoms with Crippen molar-refractivity contribution >= 4 is 34.4 Å². The molecule has 0 fully saturated rings. The van der Waals surface area contributed by atoms with E-state index in [1.54, 1.807) is 22.2 Å². The van der Waals surface area contributed by atoms with Crippen LogP contribution in [0.3, 0.4) is 0 Å². The van der Waals surface area contributed by atoms with Gasteiger partial charge in [0.05, 0.1) is 18.7 Å². The molecule has 2 aromatic carbocycles. The first-order chi connectivity index (χ1) is 14.6. The van der Waals surface area contributed by atoms with Crippen LogP contribution in [0.5, 0.6) is 0 Å². The maximum Gasteiger partial charge on any atom is 0.475 e. The van der Waals surface area contributed by atoms with E-state index in [-0.39, 0.29) is 12.3 Å². The monoisotopic (exact) mass is 420 g/mol. The Morgan fingerprint density at radius 1 is 1.13 bits per heavy atom. The normalized spacial score (nSPS) is 12.1. The van der Waals surface area contributed by atoms with Gasteiger partial charge in [-0.15, -0.1) is 16.4 Å². The molecule has 9 heteroatoms. The predicted octanol–water partition coefficient (Wildman–Crippen LogP) is 2.29. The zero-order valence-electron chi connectivity index (χ0n) is 16.2. The Labute approximate surface area is 178 Å². The number of carbonyl (C=O) groups is 1.